The number of hydrogen-bond donors (Lipinski definition) is 1. The summed E-state index contributed by atoms with van der Waals surface area (Å²) in [5, 5.41) is 8.75. The Kier molecular flexibility index (Phi) is 3.88. The summed E-state index contributed by atoms with van der Waals surface area (Å²) in [5.41, 5.74) is -0.549. The highest BCUT2D eigenvalue weighted by Crippen LogP contribution is 2.27. The molecule has 1 rings (SSSR count). The third-order valence-electron chi connectivity index (χ3n) is 2.07. The molecular formula is C11H10F3NO2. The predicted octanol–water partition coefficient (Wildman–Crippen LogP) is 2.98. The molecule has 1 heterocycles. The van der Waals surface area contributed by atoms with Crippen LogP contribution in [-0.2, 0) is 11.0 Å². The summed E-state index contributed by atoms with van der Waals surface area (Å²) in [6.45, 7) is 1.65. The van der Waals surface area contributed by atoms with Gasteiger partial charge in [0.2, 0.25) is 0 Å². The lowest BCUT2D eigenvalue weighted by Crippen LogP contribution is -2.07. The van der Waals surface area contributed by atoms with Crippen molar-refractivity contribution in [3.05, 3.63) is 35.2 Å². The first-order chi connectivity index (χ1) is 7.84. The Morgan fingerprint density at radius 2 is 2.12 bits per heavy atom. The third kappa shape index (κ3) is 3.58. The number of alkyl halides is 3. The molecule has 0 saturated heterocycles. The number of aliphatic carboxylic acids is 1. The van der Waals surface area contributed by atoms with Crippen LogP contribution in [0.1, 0.15) is 24.6 Å². The van der Waals surface area contributed by atoms with E-state index in [1.807, 2.05) is 0 Å². The van der Waals surface area contributed by atoms with E-state index in [0.717, 1.165) is 12.3 Å². The van der Waals surface area contributed by atoms with Crippen LogP contribution in [0, 0.1) is 0 Å². The molecule has 0 aromatic carbocycles. The highest BCUT2D eigenvalue weighted by atomic mass is 19.4. The molecule has 0 spiro atoms. The number of pyridine rings is 1. The second-order valence-corrected chi connectivity index (χ2v) is 3.30. The predicted molar refractivity (Wildman–Crippen MR) is 55.1 cm³/mol. The summed E-state index contributed by atoms with van der Waals surface area (Å²) in [7, 11) is 0. The second-order valence-electron chi connectivity index (χ2n) is 3.30. The van der Waals surface area contributed by atoms with Crippen LogP contribution in [-0.4, -0.2) is 16.1 Å². The molecule has 1 aromatic rings. The average molecular weight is 245 g/mol. The van der Waals surface area contributed by atoms with Crippen molar-refractivity contribution < 1.29 is 23.1 Å². The molecule has 6 heteroatoms. The summed E-state index contributed by atoms with van der Waals surface area (Å²) in [6, 6.07) is 2.01. The molecule has 0 bridgehead atoms. The molecule has 1 N–H and O–H groups in total. The first-order valence-corrected chi connectivity index (χ1v) is 4.81. The summed E-state index contributed by atoms with van der Waals surface area (Å²) >= 11 is 0. The lowest BCUT2D eigenvalue weighted by atomic mass is 10.1. The van der Waals surface area contributed by atoms with E-state index in [4.69, 9.17) is 5.11 Å². The van der Waals surface area contributed by atoms with Crippen LogP contribution in [0.2, 0.25) is 0 Å². The number of carbonyl (C=O) groups is 1. The fraction of sp³-hybridized carbons (Fsp3) is 0.273. The van der Waals surface area contributed by atoms with Crippen molar-refractivity contribution in [1.82, 2.24) is 4.98 Å². The van der Waals surface area contributed by atoms with Gasteiger partial charge >= 0.3 is 12.1 Å². The molecule has 17 heavy (non-hydrogen) atoms. The van der Waals surface area contributed by atoms with Crippen LogP contribution in [0.3, 0.4) is 0 Å². The van der Waals surface area contributed by atoms with Gasteiger partial charge in [-0.1, -0.05) is 13.0 Å². The number of halogens is 3. The lowest BCUT2D eigenvalue weighted by molar-refractivity contribution is -0.141. The van der Waals surface area contributed by atoms with Crippen molar-refractivity contribution in [2.24, 2.45) is 0 Å². The fourth-order valence-electron chi connectivity index (χ4n) is 1.17. The van der Waals surface area contributed by atoms with Crippen molar-refractivity contribution >= 4 is 12.0 Å². The number of carboxylic acid groups (broad SMARTS) is 1. The molecule has 92 valence electrons. The number of carboxylic acids is 1. The highest BCUT2D eigenvalue weighted by Gasteiger charge is 2.31. The van der Waals surface area contributed by atoms with E-state index in [0.29, 0.717) is 5.56 Å². The second kappa shape index (κ2) is 4.99. The van der Waals surface area contributed by atoms with E-state index in [-0.39, 0.29) is 12.0 Å². The van der Waals surface area contributed by atoms with Gasteiger partial charge in [-0.05, 0) is 24.1 Å². The van der Waals surface area contributed by atoms with Crippen molar-refractivity contribution in [2.45, 2.75) is 19.5 Å². The maximum absolute atomic E-state index is 12.2. The van der Waals surface area contributed by atoms with Gasteiger partial charge in [0.05, 0.1) is 0 Å². The highest BCUT2D eigenvalue weighted by molar-refractivity contribution is 5.91. The van der Waals surface area contributed by atoms with Gasteiger partial charge in [-0.3, -0.25) is 4.98 Å². The van der Waals surface area contributed by atoms with Crippen molar-refractivity contribution in [1.29, 1.82) is 0 Å². The lowest BCUT2D eigenvalue weighted by Gasteiger charge is -2.05. The molecular weight excluding hydrogens is 235 g/mol. The quantitative estimate of drug-likeness (QED) is 0.833. The summed E-state index contributed by atoms with van der Waals surface area (Å²) in [5.74, 6) is -1.09. The number of nitrogens with zero attached hydrogens (tertiary/aromatic N) is 1. The monoisotopic (exact) mass is 245 g/mol. The zero-order valence-corrected chi connectivity index (χ0v) is 8.95. The fourth-order valence-corrected chi connectivity index (χ4v) is 1.17. The topological polar surface area (TPSA) is 50.2 Å². The number of aromatic nitrogens is 1. The molecule has 0 radical (unpaired) electrons. The van der Waals surface area contributed by atoms with E-state index < -0.39 is 17.8 Å². The van der Waals surface area contributed by atoms with Gasteiger partial charge in [0.1, 0.15) is 5.69 Å². The van der Waals surface area contributed by atoms with Gasteiger partial charge in [-0.15, -0.1) is 0 Å². The molecule has 0 atom stereocenters. The minimum Gasteiger partial charge on any atom is -0.478 e. The van der Waals surface area contributed by atoms with E-state index in [1.54, 1.807) is 6.92 Å². The first-order valence-electron chi connectivity index (χ1n) is 4.81. The Morgan fingerprint density at radius 1 is 1.47 bits per heavy atom. The van der Waals surface area contributed by atoms with Crippen LogP contribution in [0.5, 0.6) is 0 Å². The van der Waals surface area contributed by atoms with Gasteiger partial charge in [-0.25, -0.2) is 4.79 Å². The Labute approximate surface area is 95.6 Å². The minimum atomic E-state index is -4.48. The molecule has 0 saturated carbocycles. The molecule has 0 aliphatic rings. The van der Waals surface area contributed by atoms with E-state index in [9.17, 15) is 18.0 Å². The first kappa shape index (κ1) is 13.2. The van der Waals surface area contributed by atoms with Crippen LogP contribution in [0.15, 0.2) is 23.9 Å². The zero-order valence-electron chi connectivity index (χ0n) is 8.95. The molecule has 0 unspecified atom stereocenters. The Balaban J connectivity index is 3.00. The largest absolute Gasteiger partial charge is 0.478 e. The van der Waals surface area contributed by atoms with Gasteiger partial charge in [-0.2, -0.15) is 13.2 Å². The van der Waals surface area contributed by atoms with Crippen LogP contribution in [0.4, 0.5) is 13.2 Å². The summed E-state index contributed by atoms with van der Waals surface area (Å²) in [6.07, 6.45) is -1.89. The van der Waals surface area contributed by atoms with E-state index >= 15 is 0 Å². The van der Waals surface area contributed by atoms with Crippen molar-refractivity contribution in [3.63, 3.8) is 0 Å². The number of hydrogen-bond acceptors (Lipinski definition) is 2. The van der Waals surface area contributed by atoms with Crippen LogP contribution < -0.4 is 0 Å². The van der Waals surface area contributed by atoms with Gasteiger partial charge in [0.15, 0.2) is 0 Å². The maximum atomic E-state index is 12.2. The normalized spacial score (nSPS) is 12.6. The standard InChI is InChI=1S/C11H10F3NO2/c1-2-8(10(16)17)5-7-3-4-9(15-6-7)11(12,13)14/h3-6H,2H2,1H3,(H,16,17). The average Bonchev–Trinajstić information content (AvgIpc) is 2.25. The summed E-state index contributed by atoms with van der Waals surface area (Å²) in [4.78, 5) is 13.9. The Morgan fingerprint density at radius 3 is 2.47 bits per heavy atom. The SMILES string of the molecule is CCC(=Cc1ccc(C(F)(F)F)nc1)C(=O)O. The smallest absolute Gasteiger partial charge is 0.433 e. The van der Waals surface area contributed by atoms with Crippen LogP contribution in [0.25, 0.3) is 6.08 Å². The van der Waals surface area contributed by atoms with E-state index in [1.165, 1.54) is 12.1 Å². The summed E-state index contributed by atoms with van der Waals surface area (Å²) < 4.78 is 36.6. The van der Waals surface area contributed by atoms with Crippen LogP contribution >= 0.6 is 0 Å². The molecule has 0 aliphatic heterocycles. The molecule has 0 fully saturated rings. The van der Waals surface area contributed by atoms with Gasteiger partial charge in [0.25, 0.3) is 0 Å². The van der Waals surface area contributed by atoms with E-state index in [2.05, 4.69) is 4.98 Å². The zero-order chi connectivity index (χ0) is 13.1. The van der Waals surface area contributed by atoms with Crippen molar-refractivity contribution in [3.8, 4) is 0 Å². The molecule has 1 aromatic heterocycles. The molecule has 3 nitrogen and oxygen atoms in total. The van der Waals surface area contributed by atoms with Crippen molar-refractivity contribution in [2.75, 3.05) is 0 Å². The Hall–Kier alpha value is -1.85. The molecule has 0 aliphatic carbocycles. The van der Waals surface area contributed by atoms with Gasteiger partial charge in [0, 0.05) is 11.8 Å². The van der Waals surface area contributed by atoms with Gasteiger partial charge < -0.3 is 5.11 Å². The number of rotatable bonds is 3. The minimum absolute atomic E-state index is 0.117. The maximum Gasteiger partial charge on any atom is 0.433 e. The Bertz CT molecular complexity index is 435. The molecule has 0 amide bonds. The third-order valence-corrected chi connectivity index (χ3v) is 2.07.